The second-order valence-corrected chi connectivity index (χ2v) is 8.96. The average Bonchev–Trinajstić information content (AvgIpc) is 3.10. The summed E-state index contributed by atoms with van der Waals surface area (Å²) in [4.78, 5) is 21.7. The van der Waals surface area contributed by atoms with Crippen LogP contribution in [0.2, 0.25) is 0 Å². The number of aromatic nitrogens is 3. The first-order valence-corrected chi connectivity index (χ1v) is 10.4. The molecule has 0 saturated carbocycles. The van der Waals surface area contributed by atoms with Crippen molar-refractivity contribution in [3.05, 3.63) is 48.8 Å². The number of rotatable bonds is 2. The van der Waals surface area contributed by atoms with E-state index in [1.807, 2.05) is 79.0 Å². The van der Waals surface area contributed by atoms with E-state index in [4.69, 9.17) is 9.72 Å². The first kappa shape index (κ1) is 20.2. The van der Waals surface area contributed by atoms with E-state index in [-0.39, 0.29) is 18.2 Å². The van der Waals surface area contributed by atoms with Gasteiger partial charge in [0.2, 0.25) is 0 Å². The van der Waals surface area contributed by atoms with Gasteiger partial charge in [-0.1, -0.05) is 12.1 Å². The zero-order valence-electron chi connectivity index (χ0n) is 18.2. The Morgan fingerprint density at radius 1 is 1.07 bits per heavy atom. The summed E-state index contributed by atoms with van der Waals surface area (Å²) in [6, 6.07) is 12.1. The fourth-order valence-corrected chi connectivity index (χ4v) is 4.07. The normalized spacial score (nSPS) is 19.9. The Hall–Kier alpha value is -3.09. The van der Waals surface area contributed by atoms with Crippen LogP contribution in [0.1, 0.15) is 34.6 Å². The minimum absolute atomic E-state index is 0.0195. The van der Waals surface area contributed by atoms with E-state index in [0.717, 1.165) is 22.6 Å². The van der Waals surface area contributed by atoms with E-state index in [1.54, 1.807) is 0 Å². The summed E-state index contributed by atoms with van der Waals surface area (Å²) in [6.07, 6.45) is 3.53. The first-order valence-electron chi connectivity index (χ1n) is 10.4. The van der Waals surface area contributed by atoms with Crippen molar-refractivity contribution in [3.63, 3.8) is 0 Å². The molecule has 0 aliphatic carbocycles. The lowest BCUT2D eigenvalue weighted by molar-refractivity contribution is 0.00560. The Kier molecular flexibility index (Phi) is 5.13. The van der Waals surface area contributed by atoms with E-state index < -0.39 is 5.60 Å². The summed E-state index contributed by atoms with van der Waals surface area (Å²) in [5, 5.41) is 4.42. The number of hydrogen-bond donors (Lipinski definition) is 0. The molecule has 1 aliphatic rings. The van der Waals surface area contributed by atoms with Crippen molar-refractivity contribution in [1.82, 2.24) is 19.5 Å². The molecule has 158 valence electrons. The quantitative estimate of drug-likeness (QED) is 0.636. The molecule has 1 amide bonds. The first-order chi connectivity index (χ1) is 14.2. The molecule has 0 bridgehead atoms. The van der Waals surface area contributed by atoms with Crippen LogP contribution in [-0.2, 0) is 4.74 Å². The van der Waals surface area contributed by atoms with Gasteiger partial charge in [-0.15, -0.1) is 0 Å². The Bertz CT molecular complexity index is 1040. The monoisotopic (exact) mass is 407 g/mol. The zero-order chi connectivity index (χ0) is 21.5. The van der Waals surface area contributed by atoms with E-state index in [2.05, 4.69) is 23.8 Å². The van der Waals surface area contributed by atoms with Crippen molar-refractivity contribution >= 4 is 17.4 Å². The van der Waals surface area contributed by atoms with Gasteiger partial charge in [-0.2, -0.15) is 5.10 Å². The third-order valence-corrected chi connectivity index (χ3v) is 5.28. The standard InChI is InChI=1S/C23H29N5O2/c1-16-14-26(15-17(2)28(16)22(29)30-23(3,4)5)21-11-8-9-19(25-21)18-13-24-27-12-7-6-10-20(18)27/h6-13,16-17H,14-15H2,1-5H3/t16-,17+. The molecule has 0 N–H and O–H groups in total. The molecule has 4 heterocycles. The maximum atomic E-state index is 12.7. The highest BCUT2D eigenvalue weighted by Gasteiger charge is 2.36. The van der Waals surface area contributed by atoms with Crippen LogP contribution in [-0.4, -0.2) is 56.4 Å². The third kappa shape index (κ3) is 3.97. The third-order valence-electron chi connectivity index (χ3n) is 5.28. The molecule has 0 spiro atoms. The second kappa shape index (κ2) is 7.63. The number of hydrogen-bond acceptors (Lipinski definition) is 5. The minimum atomic E-state index is -0.502. The van der Waals surface area contributed by atoms with Crippen LogP contribution in [0.25, 0.3) is 16.8 Å². The molecule has 0 unspecified atom stereocenters. The smallest absolute Gasteiger partial charge is 0.410 e. The van der Waals surface area contributed by atoms with Gasteiger partial charge in [0.05, 0.1) is 29.5 Å². The Labute approximate surface area is 177 Å². The summed E-state index contributed by atoms with van der Waals surface area (Å²) >= 11 is 0. The molecule has 0 radical (unpaired) electrons. The molecule has 30 heavy (non-hydrogen) atoms. The van der Waals surface area contributed by atoms with Crippen LogP contribution in [0.15, 0.2) is 48.8 Å². The van der Waals surface area contributed by atoms with E-state index in [0.29, 0.717) is 13.1 Å². The summed E-state index contributed by atoms with van der Waals surface area (Å²) in [5.74, 6) is 0.908. The van der Waals surface area contributed by atoms with Crippen LogP contribution < -0.4 is 4.90 Å². The molecule has 2 atom stereocenters. The van der Waals surface area contributed by atoms with Gasteiger partial charge < -0.3 is 9.64 Å². The van der Waals surface area contributed by atoms with Gasteiger partial charge in [-0.05, 0) is 58.9 Å². The van der Waals surface area contributed by atoms with Gasteiger partial charge in [0.25, 0.3) is 0 Å². The van der Waals surface area contributed by atoms with Crippen molar-refractivity contribution in [1.29, 1.82) is 0 Å². The van der Waals surface area contributed by atoms with E-state index in [9.17, 15) is 4.79 Å². The number of piperazine rings is 1. The maximum Gasteiger partial charge on any atom is 0.410 e. The molecule has 1 fully saturated rings. The lowest BCUT2D eigenvalue weighted by Crippen LogP contribution is -2.59. The number of amides is 1. The number of nitrogens with zero attached hydrogens (tertiary/aromatic N) is 5. The van der Waals surface area contributed by atoms with Crippen LogP contribution in [0.5, 0.6) is 0 Å². The molecular weight excluding hydrogens is 378 g/mol. The Morgan fingerprint density at radius 3 is 2.50 bits per heavy atom. The number of fused-ring (bicyclic) bond motifs is 1. The minimum Gasteiger partial charge on any atom is -0.444 e. The van der Waals surface area contributed by atoms with Crippen molar-refractivity contribution in [2.75, 3.05) is 18.0 Å². The molecular formula is C23H29N5O2. The predicted octanol–water partition coefficient (Wildman–Crippen LogP) is 4.23. The van der Waals surface area contributed by atoms with E-state index >= 15 is 0 Å². The molecule has 7 heteroatoms. The van der Waals surface area contributed by atoms with Gasteiger partial charge in [-0.25, -0.2) is 14.3 Å². The molecule has 3 aromatic heterocycles. The fraction of sp³-hybridized carbons (Fsp3) is 0.435. The summed E-state index contributed by atoms with van der Waals surface area (Å²) < 4.78 is 7.47. The predicted molar refractivity (Wildman–Crippen MR) is 118 cm³/mol. The largest absolute Gasteiger partial charge is 0.444 e. The Morgan fingerprint density at radius 2 is 1.80 bits per heavy atom. The van der Waals surface area contributed by atoms with Gasteiger partial charge in [-0.3, -0.25) is 4.90 Å². The summed E-state index contributed by atoms with van der Waals surface area (Å²) in [5.41, 5.74) is 2.42. The number of anilines is 1. The molecule has 1 saturated heterocycles. The van der Waals surface area contributed by atoms with Crippen LogP contribution in [0.3, 0.4) is 0 Å². The van der Waals surface area contributed by atoms with Crippen LogP contribution in [0.4, 0.5) is 10.6 Å². The lowest BCUT2D eigenvalue weighted by Gasteiger charge is -2.44. The average molecular weight is 408 g/mol. The van der Waals surface area contributed by atoms with E-state index in [1.165, 1.54) is 0 Å². The molecule has 0 aromatic carbocycles. The lowest BCUT2D eigenvalue weighted by atomic mass is 10.1. The highest BCUT2D eigenvalue weighted by Crippen LogP contribution is 2.27. The summed E-state index contributed by atoms with van der Waals surface area (Å²) in [6.45, 7) is 11.2. The van der Waals surface area contributed by atoms with Gasteiger partial charge in [0.1, 0.15) is 11.4 Å². The molecule has 3 aromatic rings. The fourth-order valence-electron chi connectivity index (χ4n) is 4.07. The number of ether oxygens (including phenoxy) is 1. The van der Waals surface area contributed by atoms with Crippen molar-refractivity contribution in [2.45, 2.75) is 52.3 Å². The number of pyridine rings is 2. The second-order valence-electron chi connectivity index (χ2n) is 8.96. The zero-order valence-corrected chi connectivity index (χ0v) is 18.2. The van der Waals surface area contributed by atoms with Gasteiger partial charge in [0.15, 0.2) is 0 Å². The van der Waals surface area contributed by atoms with Crippen molar-refractivity contribution in [2.24, 2.45) is 0 Å². The van der Waals surface area contributed by atoms with Crippen LogP contribution >= 0.6 is 0 Å². The maximum absolute atomic E-state index is 12.7. The Balaban J connectivity index is 1.56. The van der Waals surface area contributed by atoms with Gasteiger partial charge in [0, 0.05) is 24.8 Å². The number of carbonyl (C=O) groups is 1. The van der Waals surface area contributed by atoms with Crippen molar-refractivity contribution < 1.29 is 9.53 Å². The molecule has 7 nitrogen and oxygen atoms in total. The van der Waals surface area contributed by atoms with Crippen molar-refractivity contribution in [3.8, 4) is 11.3 Å². The van der Waals surface area contributed by atoms with Crippen LogP contribution in [0, 0.1) is 0 Å². The topological polar surface area (TPSA) is 63.0 Å². The highest BCUT2D eigenvalue weighted by molar-refractivity contribution is 5.78. The van der Waals surface area contributed by atoms with Gasteiger partial charge >= 0.3 is 6.09 Å². The number of carbonyl (C=O) groups excluding carboxylic acids is 1. The molecule has 1 aliphatic heterocycles. The molecule has 4 rings (SSSR count). The highest BCUT2D eigenvalue weighted by atomic mass is 16.6. The SMILES string of the molecule is C[C@@H]1CN(c2cccc(-c3cnn4ccccc34)n2)C[C@H](C)N1C(=O)OC(C)(C)C. The summed E-state index contributed by atoms with van der Waals surface area (Å²) in [7, 11) is 0.